The number of nitrogens with zero attached hydrogens (tertiary/aromatic N) is 1. The Labute approximate surface area is 36.0 Å². The molecule has 0 aliphatic heterocycles. The van der Waals surface area contributed by atoms with E-state index in [0.717, 1.165) is 0 Å². The summed E-state index contributed by atoms with van der Waals surface area (Å²) in [5, 5.41) is 0. The summed E-state index contributed by atoms with van der Waals surface area (Å²) in [6.45, 7) is 0. The average Bonchev–Trinajstić information content (AvgIpc) is 1.37. The molecule has 3 heteroatoms. The van der Waals surface area contributed by atoms with Crippen LogP contribution in [-0.2, 0) is 0 Å². The molecule has 0 amide bonds. The van der Waals surface area contributed by atoms with Crippen LogP contribution in [0.5, 0.6) is 0 Å². The zero-order valence-electron chi connectivity index (χ0n) is 1.86. The number of rotatable bonds is 0. The molecule has 1 nitrogen and oxygen atoms in total. The van der Waals surface area contributed by atoms with Gasteiger partial charge in [0.1, 0.15) is 0 Å². The summed E-state index contributed by atoms with van der Waals surface area (Å²) in [5.41, 5.74) is 0. The SMILES string of the molecule is [Si]N=C=[Se]. The van der Waals surface area contributed by atoms with Crippen molar-refractivity contribution in [3.05, 3.63) is 0 Å². The van der Waals surface area contributed by atoms with E-state index < -0.39 is 0 Å². The summed E-state index contributed by atoms with van der Waals surface area (Å²) in [6, 6.07) is 0. The molecule has 0 aromatic rings. The van der Waals surface area contributed by atoms with Crippen LogP contribution in [0.15, 0.2) is 4.66 Å². The molecule has 0 aliphatic carbocycles. The standard InChI is InChI=1S/CNSeSi/c3-1-2-4. The normalized spacial score (nSPS) is 4.25. The van der Waals surface area contributed by atoms with Gasteiger partial charge in [0.25, 0.3) is 0 Å². The molecule has 0 rings (SSSR count). The van der Waals surface area contributed by atoms with Crippen LogP contribution in [-0.4, -0.2) is 30.7 Å². The molecule has 3 radical (unpaired) electrons. The van der Waals surface area contributed by atoms with E-state index in [1.807, 2.05) is 0 Å². The summed E-state index contributed by atoms with van der Waals surface area (Å²) in [6.07, 6.45) is 0. The van der Waals surface area contributed by atoms with Crippen LogP contribution in [0.25, 0.3) is 0 Å². The van der Waals surface area contributed by atoms with Gasteiger partial charge in [-0.05, 0) is 0 Å². The van der Waals surface area contributed by atoms with Crippen molar-refractivity contribution in [1.82, 2.24) is 0 Å². The summed E-state index contributed by atoms with van der Waals surface area (Å²) in [4.78, 5) is 0. The van der Waals surface area contributed by atoms with Gasteiger partial charge in [-0.25, -0.2) is 0 Å². The van der Waals surface area contributed by atoms with Gasteiger partial charge in [0.15, 0.2) is 0 Å². The molecule has 0 aromatic heterocycles. The van der Waals surface area contributed by atoms with Gasteiger partial charge in [0.05, 0.1) is 0 Å². The molecule has 0 bridgehead atoms. The molecule has 0 heterocycles. The molecule has 0 aromatic carbocycles. The first-order valence-corrected chi connectivity index (χ1v) is 1.96. The van der Waals surface area contributed by atoms with Crippen molar-refractivity contribution < 1.29 is 0 Å². The summed E-state index contributed by atoms with van der Waals surface area (Å²) < 4.78 is 5.58. The first-order chi connectivity index (χ1) is 1.91. The van der Waals surface area contributed by atoms with Gasteiger partial charge in [-0.15, -0.1) is 0 Å². The fourth-order valence-corrected chi connectivity index (χ4v) is 0. The van der Waals surface area contributed by atoms with Gasteiger partial charge in [-0.2, -0.15) is 0 Å². The van der Waals surface area contributed by atoms with E-state index in [9.17, 15) is 0 Å². The molecule has 0 spiro atoms. The van der Waals surface area contributed by atoms with E-state index in [1.54, 1.807) is 0 Å². The Hall–Kier alpha value is 0.316. The second kappa shape index (κ2) is 3.32. The van der Waals surface area contributed by atoms with E-state index in [1.165, 1.54) is 0 Å². The Morgan fingerprint density at radius 3 is 2.25 bits per heavy atom. The third kappa shape index (κ3) is 2.32. The van der Waals surface area contributed by atoms with Crippen LogP contribution in [0.1, 0.15) is 0 Å². The molecular weight excluding hydrogens is 133 g/mol. The molecule has 0 atom stereocenters. The molecule has 0 N–H and O–H groups in total. The first-order valence-electron chi connectivity index (χ1n) is 0.651. The van der Waals surface area contributed by atoms with Gasteiger partial charge >= 0.3 is 35.4 Å². The molecule has 0 saturated heterocycles. The third-order valence-electron chi connectivity index (χ3n) is 0.0456. The van der Waals surface area contributed by atoms with Gasteiger partial charge in [-0.3, -0.25) is 0 Å². The molecular formula is CNSeSi. The predicted octanol–water partition coefficient (Wildman–Crippen LogP) is -0.856. The van der Waals surface area contributed by atoms with E-state index in [2.05, 4.69) is 35.4 Å². The minimum absolute atomic E-state index is 2.34. The van der Waals surface area contributed by atoms with Gasteiger partial charge in [0, 0.05) is 0 Å². The molecule has 0 aliphatic rings. The number of hydrogen-bond donors (Lipinski definition) is 0. The Kier molecular flexibility index (Phi) is 3.58. The second-order valence-electron chi connectivity index (χ2n) is 0.203. The van der Waals surface area contributed by atoms with Gasteiger partial charge in [-0.1, -0.05) is 0 Å². The Bertz CT molecular complexity index is 46.0. The van der Waals surface area contributed by atoms with E-state index in [4.69, 9.17) is 0 Å². The Morgan fingerprint density at radius 2 is 2.25 bits per heavy atom. The van der Waals surface area contributed by atoms with Crippen molar-refractivity contribution in [1.29, 1.82) is 0 Å². The topological polar surface area (TPSA) is 12.4 Å². The van der Waals surface area contributed by atoms with Crippen molar-refractivity contribution in [3.8, 4) is 0 Å². The fourth-order valence-electron chi connectivity index (χ4n) is 0. The molecule has 0 fully saturated rings. The summed E-state index contributed by atoms with van der Waals surface area (Å²) >= 11 is 2.43. The first kappa shape index (κ1) is 4.32. The molecule has 4 heavy (non-hydrogen) atoms. The number of hydrogen-bond acceptors (Lipinski definition) is 1. The molecule has 0 unspecified atom stereocenters. The van der Waals surface area contributed by atoms with E-state index in [0.29, 0.717) is 0 Å². The maximum atomic E-state index is 3.24. The second-order valence-corrected chi connectivity index (χ2v) is 0.810. The molecule has 0 saturated carbocycles. The van der Waals surface area contributed by atoms with Crippen LogP contribution < -0.4 is 0 Å². The molecule has 19 valence electrons. The monoisotopic (exact) mass is 134 g/mol. The zero-order valence-corrected chi connectivity index (χ0v) is 4.57. The van der Waals surface area contributed by atoms with Crippen LogP contribution in [0, 0.1) is 0 Å². The summed E-state index contributed by atoms with van der Waals surface area (Å²) in [5.74, 6) is 0. The third-order valence-corrected chi connectivity index (χ3v) is 0.712. The van der Waals surface area contributed by atoms with Crippen molar-refractivity contribution in [2.75, 3.05) is 0 Å². The van der Waals surface area contributed by atoms with Crippen LogP contribution in [0.2, 0.25) is 0 Å². The fraction of sp³-hybridized carbons (Fsp3) is 0. The van der Waals surface area contributed by atoms with Crippen molar-refractivity contribution in [2.24, 2.45) is 4.66 Å². The van der Waals surface area contributed by atoms with Crippen LogP contribution in [0.3, 0.4) is 0 Å². The predicted molar refractivity (Wildman–Crippen MR) is 18.9 cm³/mol. The van der Waals surface area contributed by atoms with E-state index in [-0.39, 0.29) is 0 Å². The zero-order chi connectivity index (χ0) is 3.41. The van der Waals surface area contributed by atoms with E-state index >= 15 is 0 Å². The van der Waals surface area contributed by atoms with Crippen molar-refractivity contribution >= 4 is 30.7 Å². The van der Waals surface area contributed by atoms with Crippen LogP contribution >= 0.6 is 0 Å². The average molecular weight is 133 g/mol. The van der Waals surface area contributed by atoms with Gasteiger partial charge < -0.3 is 0 Å². The summed E-state index contributed by atoms with van der Waals surface area (Å²) in [7, 11) is 2.77. The Morgan fingerprint density at radius 1 is 2.00 bits per heavy atom. The van der Waals surface area contributed by atoms with Crippen molar-refractivity contribution in [2.45, 2.75) is 0 Å². The maximum absolute atomic E-state index is 3.24. The van der Waals surface area contributed by atoms with Crippen molar-refractivity contribution in [3.63, 3.8) is 0 Å². The van der Waals surface area contributed by atoms with Gasteiger partial charge in [0.2, 0.25) is 0 Å². The minimum atomic E-state index is 2.34. The van der Waals surface area contributed by atoms with Crippen LogP contribution in [0.4, 0.5) is 0 Å². The quantitative estimate of drug-likeness (QED) is 0.301. The Balaban J connectivity index is 3.11.